The Labute approximate surface area is 123 Å². The molecular formula is C15H20O2S2. The van der Waals surface area contributed by atoms with E-state index in [2.05, 4.69) is 23.5 Å². The molecule has 0 spiro atoms. The number of carbonyl (C=O) groups excluding carboxylic acids is 1. The summed E-state index contributed by atoms with van der Waals surface area (Å²) in [7, 11) is 0. The van der Waals surface area contributed by atoms with E-state index in [1.807, 2.05) is 18.2 Å². The number of thioether (sulfide) groups is 2. The summed E-state index contributed by atoms with van der Waals surface area (Å²) in [5.41, 5.74) is 0.640. The van der Waals surface area contributed by atoms with Crippen LogP contribution in [-0.2, 0) is 4.74 Å². The van der Waals surface area contributed by atoms with Crippen molar-refractivity contribution in [1.29, 1.82) is 0 Å². The van der Waals surface area contributed by atoms with Gasteiger partial charge in [0.1, 0.15) is 0 Å². The molecule has 0 unspecified atom stereocenters. The minimum absolute atomic E-state index is 0.206. The van der Waals surface area contributed by atoms with Gasteiger partial charge in [0.05, 0.1) is 16.8 Å². The first-order valence-electron chi connectivity index (χ1n) is 6.81. The van der Waals surface area contributed by atoms with Crippen LogP contribution < -0.4 is 0 Å². The standard InChI is InChI=1S/C15H20O2S2/c16-15(13-7-2-1-3-8-13)17-10-5-4-9-14-18-11-6-12-19-14/h1-3,7-8,14H,4-6,9-12H2. The summed E-state index contributed by atoms with van der Waals surface area (Å²) in [5, 5.41) is 0. The molecule has 104 valence electrons. The van der Waals surface area contributed by atoms with E-state index in [9.17, 15) is 4.79 Å². The average molecular weight is 296 g/mol. The Morgan fingerprint density at radius 2 is 1.89 bits per heavy atom. The molecule has 0 N–H and O–H groups in total. The maximum Gasteiger partial charge on any atom is 0.338 e. The van der Waals surface area contributed by atoms with E-state index in [-0.39, 0.29) is 5.97 Å². The Morgan fingerprint density at radius 3 is 2.63 bits per heavy atom. The highest BCUT2D eigenvalue weighted by atomic mass is 32.2. The Balaban J connectivity index is 1.55. The van der Waals surface area contributed by atoms with E-state index in [1.54, 1.807) is 12.1 Å². The summed E-state index contributed by atoms with van der Waals surface area (Å²) in [4.78, 5) is 11.7. The summed E-state index contributed by atoms with van der Waals surface area (Å²) in [6, 6.07) is 9.19. The number of carbonyl (C=O) groups is 1. The third kappa shape index (κ3) is 5.49. The van der Waals surface area contributed by atoms with Crippen LogP contribution in [0.25, 0.3) is 0 Å². The lowest BCUT2D eigenvalue weighted by Crippen LogP contribution is -2.08. The summed E-state index contributed by atoms with van der Waals surface area (Å²) in [5.74, 6) is 2.41. The van der Waals surface area contributed by atoms with E-state index in [0.29, 0.717) is 12.2 Å². The molecule has 19 heavy (non-hydrogen) atoms. The van der Waals surface area contributed by atoms with Gasteiger partial charge in [-0.1, -0.05) is 18.2 Å². The van der Waals surface area contributed by atoms with Crippen LogP contribution in [0.3, 0.4) is 0 Å². The SMILES string of the molecule is O=C(OCCCCC1SCCCS1)c1ccccc1. The first-order chi connectivity index (χ1) is 9.36. The van der Waals surface area contributed by atoms with E-state index in [1.165, 1.54) is 24.3 Å². The minimum atomic E-state index is -0.206. The van der Waals surface area contributed by atoms with E-state index in [0.717, 1.165) is 17.4 Å². The molecule has 0 amide bonds. The van der Waals surface area contributed by atoms with E-state index in [4.69, 9.17) is 4.74 Å². The zero-order valence-electron chi connectivity index (χ0n) is 11.0. The number of unbranched alkanes of at least 4 members (excludes halogenated alkanes) is 1. The van der Waals surface area contributed by atoms with Crippen LogP contribution in [0.15, 0.2) is 30.3 Å². The quantitative estimate of drug-likeness (QED) is 0.580. The normalized spacial score (nSPS) is 16.2. The third-order valence-corrected chi connectivity index (χ3v) is 6.05. The Morgan fingerprint density at radius 1 is 1.16 bits per heavy atom. The highest BCUT2D eigenvalue weighted by molar-refractivity contribution is 8.17. The van der Waals surface area contributed by atoms with Gasteiger partial charge in [-0.15, -0.1) is 23.5 Å². The molecule has 1 fully saturated rings. The number of hydrogen-bond donors (Lipinski definition) is 0. The lowest BCUT2D eigenvalue weighted by molar-refractivity contribution is 0.0498. The number of benzene rings is 1. The minimum Gasteiger partial charge on any atom is -0.462 e. The van der Waals surface area contributed by atoms with Crippen LogP contribution in [0.4, 0.5) is 0 Å². The van der Waals surface area contributed by atoms with Crippen LogP contribution in [0, 0.1) is 0 Å². The van der Waals surface area contributed by atoms with Gasteiger partial charge >= 0.3 is 5.97 Å². The highest BCUT2D eigenvalue weighted by Crippen LogP contribution is 2.33. The Kier molecular flexibility index (Phi) is 6.65. The van der Waals surface area contributed by atoms with Crippen LogP contribution in [0.2, 0.25) is 0 Å². The van der Waals surface area contributed by atoms with Crippen molar-refractivity contribution in [2.45, 2.75) is 30.3 Å². The largest absolute Gasteiger partial charge is 0.462 e. The number of esters is 1. The van der Waals surface area contributed by atoms with Crippen molar-refractivity contribution < 1.29 is 9.53 Å². The second kappa shape index (κ2) is 8.54. The van der Waals surface area contributed by atoms with Crippen molar-refractivity contribution >= 4 is 29.5 Å². The predicted molar refractivity (Wildman–Crippen MR) is 83.9 cm³/mol. The van der Waals surface area contributed by atoms with Crippen molar-refractivity contribution in [3.8, 4) is 0 Å². The average Bonchev–Trinajstić information content (AvgIpc) is 2.49. The topological polar surface area (TPSA) is 26.3 Å². The highest BCUT2D eigenvalue weighted by Gasteiger charge is 2.13. The van der Waals surface area contributed by atoms with Gasteiger partial charge in [-0.05, 0) is 49.3 Å². The monoisotopic (exact) mass is 296 g/mol. The number of rotatable bonds is 6. The fourth-order valence-corrected chi connectivity index (χ4v) is 4.90. The van der Waals surface area contributed by atoms with Crippen LogP contribution in [-0.4, -0.2) is 28.7 Å². The zero-order chi connectivity index (χ0) is 13.3. The second-order valence-electron chi connectivity index (χ2n) is 4.52. The molecule has 1 aliphatic rings. The van der Waals surface area contributed by atoms with Crippen LogP contribution >= 0.6 is 23.5 Å². The maximum atomic E-state index is 11.7. The smallest absolute Gasteiger partial charge is 0.338 e. The molecule has 0 saturated carbocycles. The third-order valence-electron chi connectivity index (χ3n) is 2.97. The van der Waals surface area contributed by atoms with Gasteiger partial charge in [0.2, 0.25) is 0 Å². The van der Waals surface area contributed by atoms with Crippen molar-refractivity contribution in [2.75, 3.05) is 18.1 Å². The molecule has 1 heterocycles. The van der Waals surface area contributed by atoms with Gasteiger partial charge < -0.3 is 4.74 Å². The van der Waals surface area contributed by atoms with Crippen LogP contribution in [0.5, 0.6) is 0 Å². The molecule has 0 radical (unpaired) electrons. The molecule has 2 nitrogen and oxygen atoms in total. The van der Waals surface area contributed by atoms with Gasteiger partial charge in [-0.2, -0.15) is 0 Å². The molecular weight excluding hydrogens is 276 g/mol. The van der Waals surface area contributed by atoms with Crippen LogP contribution in [0.1, 0.15) is 36.0 Å². The molecule has 1 aliphatic heterocycles. The van der Waals surface area contributed by atoms with E-state index < -0.39 is 0 Å². The van der Waals surface area contributed by atoms with Gasteiger partial charge in [0.15, 0.2) is 0 Å². The van der Waals surface area contributed by atoms with Crippen molar-refractivity contribution in [3.05, 3.63) is 35.9 Å². The molecule has 1 saturated heterocycles. The van der Waals surface area contributed by atoms with Gasteiger partial charge in [-0.25, -0.2) is 4.79 Å². The van der Waals surface area contributed by atoms with Crippen molar-refractivity contribution in [3.63, 3.8) is 0 Å². The number of hydrogen-bond acceptors (Lipinski definition) is 4. The molecule has 0 aliphatic carbocycles. The first-order valence-corrected chi connectivity index (χ1v) is 8.91. The zero-order valence-corrected chi connectivity index (χ0v) is 12.7. The first kappa shape index (κ1) is 14.8. The van der Waals surface area contributed by atoms with Gasteiger partial charge in [0.25, 0.3) is 0 Å². The summed E-state index contributed by atoms with van der Waals surface area (Å²) >= 11 is 4.16. The molecule has 1 aromatic rings. The molecule has 0 atom stereocenters. The van der Waals surface area contributed by atoms with Gasteiger partial charge in [0, 0.05) is 0 Å². The molecule has 0 aromatic heterocycles. The molecule has 1 aromatic carbocycles. The molecule has 2 rings (SSSR count). The maximum absolute atomic E-state index is 11.7. The van der Waals surface area contributed by atoms with Crippen molar-refractivity contribution in [2.24, 2.45) is 0 Å². The molecule has 0 bridgehead atoms. The fraction of sp³-hybridized carbons (Fsp3) is 0.533. The summed E-state index contributed by atoms with van der Waals surface area (Å²) in [6.45, 7) is 0.537. The Hall–Kier alpha value is -0.610. The van der Waals surface area contributed by atoms with Gasteiger partial charge in [-0.3, -0.25) is 0 Å². The fourth-order valence-electron chi connectivity index (χ4n) is 1.94. The summed E-state index contributed by atoms with van der Waals surface area (Å²) in [6.07, 6.45) is 4.70. The number of ether oxygens (including phenoxy) is 1. The Bertz CT molecular complexity index is 375. The van der Waals surface area contributed by atoms with Crippen molar-refractivity contribution in [1.82, 2.24) is 0 Å². The predicted octanol–water partition coefficient (Wildman–Crippen LogP) is 4.21. The lowest BCUT2D eigenvalue weighted by atomic mass is 10.2. The second-order valence-corrected chi connectivity index (χ2v) is 7.44. The lowest BCUT2D eigenvalue weighted by Gasteiger charge is -2.20. The molecule has 4 heteroatoms. The van der Waals surface area contributed by atoms with E-state index >= 15 is 0 Å². The summed E-state index contributed by atoms with van der Waals surface area (Å²) < 4.78 is 6.03.